The zero-order chi connectivity index (χ0) is 42.0. The van der Waals surface area contributed by atoms with Gasteiger partial charge in [0.2, 0.25) is 0 Å². The number of benzene rings is 2. The summed E-state index contributed by atoms with van der Waals surface area (Å²) < 4.78 is 34.7. The molecule has 1 fully saturated rings. The number of nitrogens with zero attached hydrogens (tertiary/aromatic N) is 2. The average molecular weight is 819 g/mol. The molecule has 0 aliphatic heterocycles. The molecule has 1 aliphatic rings. The van der Waals surface area contributed by atoms with Crippen LogP contribution in [0.2, 0.25) is 0 Å². The van der Waals surface area contributed by atoms with Crippen LogP contribution >= 0.6 is 0 Å². The third-order valence-electron chi connectivity index (χ3n) is 10.5. The van der Waals surface area contributed by atoms with Gasteiger partial charge >= 0.3 is 11.9 Å². The Hall–Kier alpha value is -5.32. The van der Waals surface area contributed by atoms with Crippen LogP contribution < -0.4 is 9.47 Å². The summed E-state index contributed by atoms with van der Waals surface area (Å²) in [4.78, 5) is 31.4. The molecule has 1 saturated carbocycles. The predicted octanol–water partition coefficient (Wildman–Crippen LogP) is 11.0. The van der Waals surface area contributed by atoms with Crippen molar-refractivity contribution in [3.05, 3.63) is 122 Å². The van der Waals surface area contributed by atoms with Crippen molar-refractivity contribution >= 4 is 11.9 Å². The van der Waals surface area contributed by atoms with Gasteiger partial charge in [-0.1, -0.05) is 113 Å². The SMILES string of the molecule is C=CC(=O)OCCCCCCCOc1ccc(-c2ccc(CO[C@@H]3CCCC[C@H]3OCc3ccc(-c4ccc(OCCCCCCCOC(=O)C=C)cn4)cc3)cc2)nc1. The molecule has 0 N–H and O–H groups in total. The van der Waals surface area contributed by atoms with Crippen LogP contribution in [0.3, 0.4) is 0 Å². The number of pyridine rings is 2. The molecule has 0 unspecified atom stereocenters. The third kappa shape index (κ3) is 16.7. The number of aromatic nitrogens is 2. The van der Waals surface area contributed by atoms with Gasteiger partial charge in [-0.25, -0.2) is 9.59 Å². The van der Waals surface area contributed by atoms with Crippen LogP contribution in [0.4, 0.5) is 0 Å². The van der Waals surface area contributed by atoms with E-state index in [2.05, 4.69) is 71.7 Å². The summed E-state index contributed by atoms with van der Waals surface area (Å²) in [7, 11) is 0. The molecular weight excluding hydrogens is 757 g/mol. The lowest BCUT2D eigenvalue weighted by Crippen LogP contribution is -2.34. The Kier molecular flexibility index (Phi) is 20.4. The maximum Gasteiger partial charge on any atom is 0.330 e. The maximum atomic E-state index is 11.1. The molecule has 2 aromatic heterocycles. The van der Waals surface area contributed by atoms with Gasteiger partial charge in [-0.3, -0.25) is 9.97 Å². The lowest BCUT2D eigenvalue weighted by atomic mass is 9.94. The molecule has 0 saturated heterocycles. The molecule has 320 valence electrons. The fourth-order valence-corrected chi connectivity index (χ4v) is 6.98. The van der Waals surface area contributed by atoms with Gasteiger partial charge in [0.15, 0.2) is 0 Å². The van der Waals surface area contributed by atoms with Gasteiger partial charge in [-0.15, -0.1) is 0 Å². The highest BCUT2D eigenvalue weighted by Gasteiger charge is 2.26. The van der Waals surface area contributed by atoms with E-state index in [0.717, 1.165) is 135 Å². The minimum absolute atomic E-state index is 0.0615. The van der Waals surface area contributed by atoms with Crippen LogP contribution in [0, 0.1) is 0 Å². The van der Waals surface area contributed by atoms with Crippen LogP contribution in [0.15, 0.2) is 111 Å². The monoisotopic (exact) mass is 818 g/mol. The Labute approximate surface area is 356 Å². The zero-order valence-electron chi connectivity index (χ0n) is 35.1. The van der Waals surface area contributed by atoms with Crippen molar-refractivity contribution in [3.8, 4) is 34.0 Å². The first-order valence-corrected chi connectivity index (χ1v) is 21.7. The van der Waals surface area contributed by atoms with Crippen LogP contribution in [-0.4, -0.2) is 60.5 Å². The zero-order valence-corrected chi connectivity index (χ0v) is 35.1. The van der Waals surface area contributed by atoms with Crippen LogP contribution in [-0.2, 0) is 41.8 Å². The number of ether oxygens (including phenoxy) is 6. The van der Waals surface area contributed by atoms with E-state index in [0.29, 0.717) is 39.6 Å². The van der Waals surface area contributed by atoms with Gasteiger partial charge in [0.05, 0.1) is 75.6 Å². The van der Waals surface area contributed by atoms with E-state index in [1.54, 1.807) is 12.4 Å². The van der Waals surface area contributed by atoms with Gasteiger partial charge in [-0.05, 0) is 73.9 Å². The van der Waals surface area contributed by atoms with Gasteiger partial charge in [0.25, 0.3) is 0 Å². The van der Waals surface area contributed by atoms with Crippen molar-refractivity contribution in [2.24, 2.45) is 0 Å². The van der Waals surface area contributed by atoms with Crippen LogP contribution in [0.25, 0.3) is 22.5 Å². The Morgan fingerprint density at radius 3 is 1.27 bits per heavy atom. The number of hydrogen-bond acceptors (Lipinski definition) is 10. The minimum atomic E-state index is -0.361. The molecule has 0 spiro atoms. The largest absolute Gasteiger partial charge is 0.492 e. The number of hydrogen-bond donors (Lipinski definition) is 0. The molecule has 60 heavy (non-hydrogen) atoms. The molecule has 4 aromatic rings. The number of esters is 2. The topological polar surface area (TPSA) is 115 Å². The molecule has 1 aliphatic carbocycles. The molecule has 5 rings (SSSR count). The standard InChI is InChI=1S/C50H62N2O8/c1-3-49(53)57-33-15-9-5-7-13-31-55-43-27-29-45(51-35-43)41-23-19-39(20-24-41)37-59-47-17-11-12-18-48(47)60-38-40-21-25-42(26-22-40)46-30-28-44(36-52-46)56-32-14-8-6-10-16-34-58-50(54)4-2/h3-4,19-30,35-36,47-48H,1-2,5-18,31-34,37-38H2/t47-,48-/m1/s1. The van der Waals surface area contributed by atoms with Gasteiger partial charge < -0.3 is 28.4 Å². The normalized spacial score (nSPS) is 14.9. The van der Waals surface area contributed by atoms with Crippen molar-refractivity contribution in [1.29, 1.82) is 0 Å². The summed E-state index contributed by atoms with van der Waals surface area (Å²) in [6.45, 7) is 10.1. The lowest BCUT2D eigenvalue weighted by molar-refractivity contribution is -0.138. The van der Waals surface area contributed by atoms with Crippen LogP contribution in [0.1, 0.15) is 101 Å². The van der Waals surface area contributed by atoms with Crippen LogP contribution in [0.5, 0.6) is 11.5 Å². The van der Waals surface area contributed by atoms with Crippen molar-refractivity contribution in [2.75, 3.05) is 26.4 Å². The van der Waals surface area contributed by atoms with E-state index in [4.69, 9.17) is 28.4 Å². The molecule has 0 bridgehead atoms. The highest BCUT2D eigenvalue weighted by Crippen LogP contribution is 2.28. The second-order valence-corrected chi connectivity index (χ2v) is 15.1. The molecule has 10 nitrogen and oxygen atoms in total. The average Bonchev–Trinajstić information content (AvgIpc) is 3.30. The minimum Gasteiger partial charge on any atom is -0.492 e. The van der Waals surface area contributed by atoms with Crippen molar-refractivity contribution in [2.45, 2.75) is 115 Å². The van der Waals surface area contributed by atoms with Crippen molar-refractivity contribution < 1.29 is 38.0 Å². The fourth-order valence-electron chi connectivity index (χ4n) is 6.98. The highest BCUT2D eigenvalue weighted by molar-refractivity contribution is 5.81. The summed E-state index contributed by atoms with van der Waals surface area (Å²) in [5.74, 6) is 0.817. The summed E-state index contributed by atoms with van der Waals surface area (Å²) in [6.07, 6.45) is 20.4. The van der Waals surface area contributed by atoms with Gasteiger partial charge in [-0.2, -0.15) is 0 Å². The third-order valence-corrected chi connectivity index (χ3v) is 10.5. The first-order chi connectivity index (χ1) is 29.5. The Balaban J connectivity index is 0.958. The second-order valence-electron chi connectivity index (χ2n) is 15.1. The maximum absolute atomic E-state index is 11.1. The molecule has 2 atom stereocenters. The van der Waals surface area contributed by atoms with Crippen molar-refractivity contribution in [1.82, 2.24) is 9.97 Å². The highest BCUT2D eigenvalue weighted by atomic mass is 16.5. The summed E-state index contributed by atoms with van der Waals surface area (Å²) in [6, 6.07) is 24.8. The fraction of sp³-hybridized carbons (Fsp3) is 0.440. The molecular formula is C50H62N2O8. The Morgan fingerprint density at radius 1 is 0.517 bits per heavy atom. The molecule has 2 aromatic carbocycles. The lowest BCUT2D eigenvalue weighted by Gasteiger charge is -2.31. The van der Waals surface area contributed by atoms with Gasteiger partial charge in [0.1, 0.15) is 11.5 Å². The second kappa shape index (κ2) is 26.7. The van der Waals surface area contributed by atoms with E-state index in [-0.39, 0.29) is 24.1 Å². The molecule has 2 heterocycles. The van der Waals surface area contributed by atoms with E-state index < -0.39 is 0 Å². The number of carbonyl (C=O) groups excluding carboxylic acids is 2. The van der Waals surface area contributed by atoms with Gasteiger partial charge in [0, 0.05) is 23.3 Å². The quantitative estimate of drug-likeness (QED) is 0.0312. The van der Waals surface area contributed by atoms with E-state index >= 15 is 0 Å². The number of unbranched alkanes of at least 4 members (excludes halogenated alkanes) is 8. The smallest absolute Gasteiger partial charge is 0.330 e. The van der Waals surface area contributed by atoms with E-state index in [1.165, 1.54) is 12.2 Å². The first kappa shape index (κ1) is 45.8. The molecule has 10 heteroatoms. The summed E-state index contributed by atoms with van der Waals surface area (Å²) in [5.41, 5.74) is 6.15. The Bertz CT molecular complexity index is 1710. The Morgan fingerprint density at radius 2 is 0.900 bits per heavy atom. The van der Waals surface area contributed by atoms with Crippen molar-refractivity contribution in [3.63, 3.8) is 0 Å². The molecule has 0 radical (unpaired) electrons. The summed E-state index contributed by atoms with van der Waals surface area (Å²) >= 11 is 0. The molecule has 0 amide bonds. The summed E-state index contributed by atoms with van der Waals surface area (Å²) in [5, 5.41) is 0. The number of carbonyl (C=O) groups is 2. The van der Waals surface area contributed by atoms with E-state index in [9.17, 15) is 9.59 Å². The number of rotatable bonds is 28. The van der Waals surface area contributed by atoms with E-state index in [1.807, 2.05) is 24.3 Å². The first-order valence-electron chi connectivity index (χ1n) is 21.7. The predicted molar refractivity (Wildman–Crippen MR) is 234 cm³/mol.